The molecule has 5 heteroatoms. The van der Waals surface area contributed by atoms with Gasteiger partial charge in [0.15, 0.2) is 5.82 Å². The molecule has 0 unspecified atom stereocenters. The third-order valence-corrected chi connectivity index (χ3v) is 4.24. The second-order valence-corrected chi connectivity index (χ2v) is 5.80. The maximum absolute atomic E-state index is 11.6. The Morgan fingerprint density at radius 2 is 2.05 bits per heavy atom. The fourth-order valence-electron chi connectivity index (χ4n) is 2.81. The molecule has 2 fully saturated rings. The van der Waals surface area contributed by atoms with E-state index in [0.29, 0.717) is 18.3 Å². The fraction of sp³-hybridized carbons (Fsp3) is 0.786. The summed E-state index contributed by atoms with van der Waals surface area (Å²) in [6.07, 6.45) is 6.27. The van der Waals surface area contributed by atoms with E-state index in [2.05, 4.69) is 15.2 Å². The number of H-pyrrole nitrogens is 1. The summed E-state index contributed by atoms with van der Waals surface area (Å²) < 4.78 is 0. The molecule has 1 amide bonds. The van der Waals surface area contributed by atoms with E-state index in [1.807, 2.05) is 11.8 Å². The summed E-state index contributed by atoms with van der Waals surface area (Å²) in [5.74, 6) is 3.58. The highest BCUT2D eigenvalue weighted by Crippen LogP contribution is 2.37. The van der Waals surface area contributed by atoms with Crippen LogP contribution in [0.4, 0.5) is 0 Å². The minimum Gasteiger partial charge on any atom is -0.343 e. The number of likely N-dealkylation sites (tertiary alicyclic amines) is 1. The second-order valence-electron chi connectivity index (χ2n) is 5.80. The molecule has 1 saturated heterocycles. The first kappa shape index (κ1) is 12.6. The normalized spacial score (nSPS) is 20.8. The van der Waals surface area contributed by atoms with Gasteiger partial charge in [-0.25, -0.2) is 4.98 Å². The Hall–Kier alpha value is -1.39. The van der Waals surface area contributed by atoms with Crippen molar-refractivity contribution in [1.29, 1.82) is 0 Å². The monoisotopic (exact) mass is 262 g/mol. The average molecular weight is 262 g/mol. The lowest BCUT2D eigenvalue weighted by molar-refractivity contribution is -0.132. The molecule has 2 heterocycles. The van der Waals surface area contributed by atoms with E-state index in [-0.39, 0.29) is 5.91 Å². The van der Waals surface area contributed by atoms with Gasteiger partial charge < -0.3 is 4.90 Å². The summed E-state index contributed by atoms with van der Waals surface area (Å²) in [6.45, 7) is 3.74. The third kappa shape index (κ3) is 2.96. The van der Waals surface area contributed by atoms with Gasteiger partial charge in [0.05, 0.1) is 0 Å². The van der Waals surface area contributed by atoms with Gasteiger partial charge in [-0.1, -0.05) is 6.92 Å². The van der Waals surface area contributed by atoms with Crippen LogP contribution in [-0.2, 0) is 11.2 Å². The zero-order valence-corrected chi connectivity index (χ0v) is 11.6. The number of piperidine rings is 1. The van der Waals surface area contributed by atoms with Crippen molar-refractivity contribution in [3.8, 4) is 0 Å². The maximum atomic E-state index is 11.6. The lowest BCUT2D eigenvalue weighted by Crippen LogP contribution is -2.38. The number of hydrogen-bond donors (Lipinski definition) is 1. The van der Waals surface area contributed by atoms with Crippen LogP contribution >= 0.6 is 0 Å². The number of nitrogens with one attached hydrogen (secondary N) is 1. The van der Waals surface area contributed by atoms with Crippen molar-refractivity contribution in [1.82, 2.24) is 20.1 Å². The van der Waals surface area contributed by atoms with E-state index in [1.165, 1.54) is 12.8 Å². The topological polar surface area (TPSA) is 61.9 Å². The van der Waals surface area contributed by atoms with Gasteiger partial charge in [0, 0.05) is 31.8 Å². The molecule has 104 valence electrons. The summed E-state index contributed by atoms with van der Waals surface area (Å²) in [5, 5.41) is 7.38. The van der Waals surface area contributed by atoms with Gasteiger partial charge in [-0.3, -0.25) is 9.89 Å². The van der Waals surface area contributed by atoms with Crippen LogP contribution in [0.2, 0.25) is 0 Å². The summed E-state index contributed by atoms with van der Waals surface area (Å²) in [5.41, 5.74) is 0. The number of nitrogens with zero attached hydrogens (tertiary/aromatic N) is 3. The molecule has 1 aromatic heterocycles. The summed E-state index contributed by atoms with van der Waals surface area (Å²) in [6, 6.07) is 0. The molecule has 0 radical (unpaired) electrons. The number of rotatable bonds is 4. The molecule has 1 aromatic rings. The Kier molecular flexibility index (Phi) is 3.53. The zero-order valence-electron chi connectivity index (χ0n) is 11.6. The Morgan fingerprint density at radius 3 is 2.68 bits per heavy atom. The molecule has 0 bridgehead atoms. The quantitative estimate of drug-likeness (QED) is 0.901. The first-order valence-electron chi connectivity index (χ1n) is 7.45. The molecule has 0 spiro atoms. The van der Waals surface area contributed by atoms with Gasteiger partial charge in [-0.2, -0.15) is 5.10 Å². The summed E-state index contributed by atoms with van der Waals surface area (Å²) in [4.78, 5) is 18.2. The minimum atomic E-state index is 0.286. The molecule has 1 aliphatic carbocycles. The van der Waals surface area contributed by atoms with Gasteiger partial charge >= 0.3 is 0 Å². The zero-order chi connectivity index (χ0) is 13.2. The molecule has 0 atom stereocenters. The molecule has 1 saturated carbocycles. The van der Waals surface area contributed by atoms with Crippen molar-refractivity contribution in [2.24, 2.45) is 5.92 Å². The SMILES string of the molecule is CCC(=O)N1CCC(Cc2nc(C3CC3)n[nH]2)CC1. The number of amides is 1. The molecular formula is C14H22N4O. The van der Waals surface area contributed by atoms with Crippen molar-refractivity contribution in [3.63, 3.8) is 0 Å². The van der Waals surface area contributed by atoms with Crippen LogP contribution in [0.15, 0.2) is 0 Å². The van der Waals surface area contributed by atoms with E-state index >= 15 is 0 Å². The predicted molar refractivity (Wildman–Crippen MR) is 71.7 cm³/mol. The highest BCUT2D eigenvalue weighted by atomic mass is 16.2. The molecule has 1 aliphatic heterocycles. The molecule has 5 nitrogen and oxygen atoms in total. The lowest BCUT2D eigenvalue weighted by atomic mass is 9.93. The van der Waals surface area contributed by atoms with Crippen LogP contribution in [0.5, 0.6) is 0 Å². The van der Waals surface area contributed by atoms with Gasteiger partial charge in [0.2, 0.25) is 5.91 Å². The van der Waals surface area contributed by atoms with E-state index in [1.54, 1.807) is 0 Å². The number of carbonyl (C=O) groups is 1. The van der Waals surface area contributed by atoms with Crippen molar-refractivity contribution in [3.05, 3.63) is 11.6 Å². The Labute approximate surface area is 113 Å². The summed E-state index contributed by atoms with van der Waals surface area (Å²) >= 11 is 0. The first-order valence-corrected chi connectivity index (χ1v) is 7.45. The van der Waals surface area contributed by atoms with E-state index in [0.717, 1.165) is 44.0 Å². The average Bonchev–Trinajstić information content (AvgIpc) is 3.20. The van der Waals surface area contributed by atoms with E-state index in [9.17, 15) is 4.79 Å². The standard InChI is InChI=1S/C14H22N4O/c1-2-13(19)18-7-5-10(6-8-18)9-12-15-14(17-16-12)11-3-4-11/h10-11H,2-9H2,1H3,(H,15,16,17). The van der Waals surface area contributed by atoms with Crippen molar-refractivity contribution in [2.75, 3.05) is 13.1 Å². The fourth-order valence-corrected chi connectivity index (χ4v) is 2.81. The number of carbonyl (C=O) groups excluding carboxylic acids is 1. The van der Waals surface area contributed by atoms with Crippen LogP contribution in [-0.4, -0.2) is 39.1 Å². The predicted octanol–water partition coefficient (Wildman–Crippen LogP) is 1.87. The van der Waals surface area contributed by atoms with Crippen LogP contribution in [0, 0.1) is 5.92 Å². The van der Waals surface area contributed by atoms with Crippen molar-refractivity contribution >= 4 is 5.91 Å². The highest BCUT2D eigenvalue weighted by molar-refractivity contribution is 5.75. The lowest BCUT2D eigenvalue weighted by Gasteiger charge is -2.31. The smallest absolute Gasteiger partial charge is 0.222 e. The van der Waals surface area contributed by atoms with Gasteiger partial charge in [0.25, 0.3) is 0 Å². The maximum Gasteiger partial charge on any atom is 0.222 e. The first-order chi connectivity index (χ1) is 9.26. The number of hydrogen-bond acceptors (Lipinski definition) is 3. The van der Waals surface area contributed by atoms with E-state index < -0.39 is 0 Å². The summed E-state index contributed by atoms with van der Waals surface area (Å²) in [7, 11) is 0. The van der Waals surface area contributed by atoms with Crippen molar-refractivity contribution in [2.45, 2.75) is 51.4 Å². The Morgan fingerprint density at radius 1 is 1.32 bits per heavy atom. The third-order valence-electron chi connectivity index (χ3n) is 4.24. The van der Waals surface area contributed by atoms with Crippen LogP contribution < -0.4 is 0 Å². The molecular weight excluding hydrogens is 240 g/mol. The molecule has 3 rings (SSSR count). The van der Waals surface area contributed by atoms with Crippen molar-refractivity contribution < 1.29 is 4.79 Å². The van der Waals surface area contributed by atoms with Gasteiger partial charge in [-0.05, 0) is 31.6 Å². The van der Waals surface area contributed by atoms with Gasteiger partial charge in [-0.15, -0.1) is 0 Å². The number of aromatic nitrogens is 3. The molecule has 1 N–H and O–H groups in total. The van der Waals surface area contributed by atoms with E-state index in [4.69, 9.17) is 0 Å². The van der Waals surface area contributed by atoms with Crippen LogP contribution in [0.1, 0.15) is 56.6 Å². The molecule has 2 aliphatic rings. The minimum absolute atomic E-state index is 0.286. The molecule has 0 aromatic carbocycles. The van der Waals surface area contributed by atoms with Gasteiger partial charge in [0.1, 0.15) is 5.82 Å². The number of aromatic amines is 1. The Balaban J connectivity index is 1.49. The Bertz CT molecular complexity index is 444. The van der Waals surface area contributed by atoms with Crippen LogP contribution in [0.3, 0.4) is 0 Å². The highest BCUT2D eigenvalue weighted by Gasteiger charge is 2.28. The largest absolute Gasteiger partial charge is 0.343 e. The van der Waals surface area contributed by atoms with Crippen LogP contribution in [0.25, 0.3) is 0 Å². The second kappa shape index (κ2) is 5.31. The molecule has 19 heavy (non-hydrogen) atoms.